The van der Waals surface area contributed by atoms with Crippen LogP contribution in [0.1, 0.15) is 25.8 Å². The highest BCUT2D eigenvalue weighted by Gasteiger charge is 2.12. The molecule has 120 valence electrons. The molecule has 0 saturated carbocycles. The molecule has 0 aliphatic rings. The Morgan fingerprint density at radius 2 is 1.86 bits per heavy atom. The lowest BCUT2D eigenvalue weighted by Crippen LogP contribution is -2.27. The zero-order chi connectivity index (χ0) is 15.7. The van der Waals surface area contributed by atoms with Gasteiger partial charge in [-0.2, -0.15) is 0 Å². The second kappa shape index (κ2) is 9.15. The van der Waals surface area contributed by atoms with E-state index in [4.69, 9.17) is 10.5 Å². The minimum absolute atomic E-state index is 0.269. The van der Waals surface area contributed by atoms with Gasteiger partial charge < -0.3 is 10.5 Å². The van der Waals surface area contributed by atoms with Crippen LogP contribution in [0.2, 0.25) is 0 Å². The van der Waals surface area contributed by atoms with Crippen LogP contribution in [-0.4, -0.2) is 34.7 Å². The molecule has 0 amide bonds. The Bertz CT molecular complexity index is 498. The molecule has 0 saturated heterocycles. The van der Waals surface area contributed by atoms with Gasteiger partial charge in [-0.15, -0.1) is 0 Å². The Morgan fingerprint density at radius 1 is 1.19 bits per heavy atom. The van der Waals surface area contributed by atoms with E-state index in [-0.39, 0.29) is 11.4 Å². The quantitative estimate of drug-likeness (QED) is 0.642. The van der Waals surface area contributed by atoms with Crippen LogP contribution in [0.5, 0.6) is 0 Å². The molecule has 1 rings (SSSR count). The number of nitrogens with one attached hydrogen (secondary N) is 1. The molecular formula is C15H26N2O3S. The summed E-state index contributed by atoms with van der Waals surface area (Å²) in [5, 5.41) is 0. The van der Waals surface area contributed by atoms with Crippen LogP contribution in [-0.2, 0) is 21.2 Å². The van der Waals surface area contributed by atoms with E-state index in [1.54, 1.807) is 24.3 Å². The number of ether oxygens (including phenoxy) is 1. The van der Waals surface area contributed by atoms with Crippen molar-refractivity contribution in [1.82, 2.24) is 4.72 Å². The number of benzene rings is 1. The second-order valence-electron chi connectivity index (χ2n) is 5.38. The third-order valence-corrected chi connectivity index (χ3v) is 4.52. The number of nitrogens with two attached hydrogens (primary N) is 1. The summed E-state index contributed by atoms with van der Waals surface area (Å²) in [7, 11) is -3.46. The van der Waals surface area contributed by atoms with Crippen molar-refractivity contribution in [2.45, 2.75) is 31.6 Å². The predicted molar refractivity (Wildman–Crippen MR) is 84.7 cm³/mol. The number of rotatable bonds is 10. The van der Waals surface area contributed by atoms with E-state index in [9.17, 15) is 8.42 Å². The number of hydrogen-bond acceptors (Lipinski definition) is 4. The summed E-state index contributed by atoms with van der Waals surface area (Å²) < 4.78 is 32.0. The Labute approximate surface area is 127 Å². The Balaban J connectivity index is 2.39. The van der Waals surface area contributed by atoms with Gasteiger partial charge in [0.05, 0.1) is 11.5 Å². The van der Waals surface area contributed by atoms with Gasteiger partial charge in [0.1, 0.15) is 0 Å². The van der Waals surface area contributed by atoms with Gasteiger partial charge in [0, 0.05) is 13.2 Å². The van der Waals surface area contributed by atoms with E-state index in [2.05, 4.69) is 18.6 Å². The van der Waals surface area contributed by atoms with E-state index in [1.165, 1.54) is 0 Å². The zero-order valence-electron chi connectivity index (χ0n) is 12.8. The summed E-state index contributed by atoms with van der Waals surface area (Å²) in [4.78, 5) is 0.269. The zero-order valence-corrected chi connectivity index (χ0v) is 13.7. The maximum Gasteiger partial charge on any atom is 0.240 e. The van der Waals surface area contributed by atoms with Crippen LogP contribution < -0.4 is 10.5 Å². The average Bonchev–Trinajstić information content (AvgIpc) is 2.43. The maximum absolute atomic E-state index is 12.1. The van der Waals surface area contributed by atoms with Crippen LogP contribution >= 0.6 is 0 Å². The van der Waals surface area contributed by atoms with Gasteiger partial charge in [-0.05, 0) is 43.0 Å². The molecule has 0 spiro atoms. The normalized spacial score (nSPS) is 12.0. The van der Waals surface area contributed by atoms with Crippen molar-refractivity contribution in [1.29, 1.82) is 0 Å². The third kappa shape index (κ3) is 7.04. The SMILES string of the molecule is CC(C)CCOCCNS(=O)(=O)c1ccc(CCN)cc1. The standard InChI is InChI=1S/C15H26N2O3S/c1-13(2)8-11-20-12-10-17-21(18,19)15-5-3-14(4-6-15)7-9-16/h3-6,13,17H,7-12,16H2,1-2H3. The van der Waals surface area contributed by atoms with Crippen molar-refractivity contribution >= 4 is 10.0 Å². The Kier molecular flexibility index (Phi) is 7.88. The molecule has 0 aliphatic carbocycles. The molecule has 6 heteroatoms. The lowest BCUT2D eigenvalue weighted by atomic mass is 10.1. The van der Waals surface area contributed by atoms with E-state index < -0.39 is 10.0 Å². The number of sulfonamides is 1. The van der Waals surface area contributed by atoms with Crippen LogP contribution in [0.15, 0.2) is 29.2 Å². The summed E-state index contributed by atoms with van der Waals surface area (Å²) in [6, 6.07) is 6.79. The fourth-order valence-corrected chi connectivity index (χ4v) is 2.77. The molecule has 0 unspecified atom stereocenters. The fourth-order valence-electron chi connectivity index (χ4n) is 1.75. The predicted octanol–water partition coefficient (Wildman–Crippen LogP) is 1.53. The van der Waals surface area contributed by atoms with Crippen molar-refractivity contribution in [3.63, 3.8) is 0 Å². The topological polar surface area (TPSA) is 81.4 Å². The van der Waals surface area contributed by atoms with Gasteiger partial charge in [0.15, 0.2) is 0 Å². The lowest BCUT2D eigenvalue weighted by Gasteiger charge is -2.09. The van der Waals surface area contributed by atoms with Crippen molar-refractivity contribution in [3.8, 4) is 0 Å². The van der Waals surface area contributed by atoms with Gasteiger partial charge in [-0.25, -0.2) is 13.1 Å². The molecule has 0 bridgehead atoms. The van der Waals surface area contributed by atoms with Crippen LogP contribution in [0.3, 0.4) is 0 Å². The van der Waals surface area contributed by atoms with Crippen LogP contribution in [0, 0.1) is 5.92 Å². The van der Waals surface area contributed by atoms with E-state index in [0.717, 1.165) is 18.4 Å². The molecule has 0 atom stereocenters. The van der Waals surface area contributed by atoms with Crippen molar-refractivity contribution < 1.29 is 13.2 Å². The lowest BCUT2D eigenvalue weighted by molar-refractivity contribution is 0.128. The first-order valence-corrected chi connectivity index (χ1v) is 8.80. The monoisotopic (exact) mass is 314 g/mol. The van der Waals surface area contributed by atoms with Crippen LogP contribution in [0.25, 0.3) is 0 Å². The van der Waals surface area contributed by atoms with Gasteiger partial charge >= 0.3 is 0 Å². The molecule has 0 aromatic heterocycles. The average molecular weight is 314 g/mol. The van der Waals surface area contributed by atoms with E-state index in [0.29, 0.717) is 25.7 Å². The first kappa shape index (κ1) is 18.1. The summed E-state index contributed by atoms with van der Waals surface area (Å²) in [6.07, 6.45) is 1.73. The Hall–Kier alpha value is -0.950. The minimum atomic E-state index is -3.46. The molecular weight excluding hydrogens is 288 g/mol. The molecule has 1 aromatic carbocycles. The third-order valence-electron chi connectivity index (χ3n) is 3.04. The first-order valence-electron chi connectivity index (χ1n) is 7.32. The van der Waals surface area contributed by atoms with Crippen LogP contribution in [0.4, 0.5) is 0 Å². The summed E-state index contributed by atoms with van der Waals surface area (Å²) in [5.74, 6) is 0.591. The Morgan fingerprint density at radius 3 is 2.43 bits per heavy atom. The molecule has 0 heterocycles. The summed E-state index contributed by atoms with van der Waals surface area (Å²) in [5.41, 5.74) is 6.50. The van der Waals surface area contributed by atoms with Crippen molar-refractivity contribution in [3.05, 3.63) is 29.8 Å². The van der Waals surface area contributed by atoms with Gasteiger partial charge in [-0.3, -0.25) is 0 Å². The highest BCUT2D eigenvalue weighted by Crippen LogP contribution is 2.10. The minimum Gasteiger partial charge on any atom is -0.380 e. The molecule has 21 heavy (non-hydrogen) atoms. The first-order chi connectivity index (χ1) is 9.95. The van der Waals surface area contributed by atoms with Gasteiger partial charge in [0.2, 0.25) is 10.0 Å². The summed E-state index contributed by atoms with van der Waals surface area (Å²) >= 11 is 0. The molecule has 0 radical (unpaired) electrons. The fraction of sp³-hybridized carbons (Fsp3) is 0.600. The molecule has 0 fully saturated rings. The molecule has 5 nitrogen and oxygen atoms in total. The van der Waals surface area contributed by atoms with Crippen molar-refractivity contribution in [2.24, 2.45) is 11.7 Å². The second-order valence-corrected chi connectivity index (χ2v) is 7.14. The maximum atomic E-state index is 12.1. The van der Waals surface area contributed by atoms with E-state index in [1.807, 2.05) is 0 Å². The number of hydrogen-bond donors (Lipinski definition) is 2. The molecule has 0 aliphatic heterocycles. The largest absolute Gasteiger partial charge is 0.380 e. The van der Waals surface area contributed by atoms with Crippen molar-refractivity contribution in [2.75, 3.05) is 26.3 Å². The van der Waals surface area contributed by atoms with E-state index >= 15 is 0 Å². The highest BCUT2D eigenvalue weighted by atomic mass is 32.2. The van der Waals surface area contributed by atoms with Gasteiger partial charge in [0.25, 0.3) is 0 Å². The molecule has 3 N–H and O–H groups in total. The summed E-state index contributed by atoms with van der Waals surface area (Å²) in [6.45, 7) is 6.13. The van der Waals surface area contributed by atoms with Gasteiger partial charge in [-0.1, -0.05) is 26.0 Å². The highest BCUT2D eigenvalue weighted by molar-refractivity contribution is 7.89. The molecule has 1 aromatic rings. The smallest absolute Gasteiger partial charge is 0.240 e.